The summed E-state index contributed by atoms with van der Waals surface area (Å²) < 4.78 is 32.8. The number of benzene rings is 1. The Morgan fingerprint density at radius 3 is 2.48 bits per heavy atom. The van der Waals surface area contributed by atoms with E-state index in [1.54, 1.807) is 13.8 Å². The lowest BCUT2D eigenvalue weighted by Gasteiger charge is -2.18. The average Bonchev–Trinajstić information content (AvgIpc) is 2.82. The van der Waals surface area contributed by atoms with Gasteiger partial charge in [0.25, 0.3) is 0 Å². The molecule has 0 atom stereocenters. The molecule has 1 amide bonds. The molecule has 25 heavy (non-hydrogen) atoms. The Morgan fingerprint density at radius 2 is 1.92 bits per heavy atom. The molecule has 0 aliphatic carbocycles. The molecule has 0 saturated heterocycles. The van der Waals surface area contributed by atoms with Crippen LogP contribution in [0.4, 0.5) is 0 Å². The monoisotopic (exact) mass is 369 g/mol. The van der Waals surface area contributed by atoms with E-state index in [1.165, 1.54) is 27.1 Å². The number of sulfonamides is 1. The molecule has 2 aromatic rings. The van der Waals surface area contributed by atoms with E-state index in [1.807, 2.05) is 13.8 Å². The lowest BCUT2D eigenvalue weighted by Crippen LogP contribution is -2.35. The van der Waals surface area contributed by atoms with Gasteiger partial charge >= 0.3 is 5.76 Å². The number of aromatic nitrogens is 1. The number of carbonyl (C=O) groups excluding carboxylic acids is 1. The van der Waals surface area contributed by atoms with Gasteiger partial charge in [0.2, 0.25) is 15.9 Å². The maximum Gasteiger partial charge on any atom is 0.420 e. The molecule has 0 aliphatic rings. The van der Waals surface area contributed by atoms with Gasteiger partial charge < -0.3 is 9.73 Å². The Morgan fingerprint density at radius 1 is 1.28 bits per heavy atom. The summed E-state index contributed by atoms with van der Waals surface area (Å²) >= 11 is 0. The number of nitrogens with one attached hydrogen (secondary N) is 1. The molecule has 0 radical (unpaired) electrons. The Kier molecular flexibility index (Phi) is 5.69. The SMILES string of the molecule is CCN(CC)S(=O)(=O)c1ccc2c(c1)oc(=O)n2CC(=O)NC(C)C. The van der Waals surface area contributed by atoms with Crippen LogP contribution >= 0.6 is 0 Å². The van der Waals surface area contributed by atoms with E-state index in [9.17, 15) is 18.0 Å². The zero-order chi connectivity index (χ0) is 18.8. The predicted octanol–water partition coefficient (Wildman–Crippen LogP) is 1.15. The third-order valence-electron chi connectivity index (χ3n) is 3.73. The van der Waals surface area contributed by atoms with Gasteiger partial charge in [-0.05, 0) is 26.0 Å². The Hall–Kier alpha value is -2.13. The summed E-state index contributed by atoms with van der Waals surface area (Å²) in [5, 5.41) is 2.70. The molecular weight excluding hydrogens is 346 g/mol. The fraction of sp³-hybridized carbons (Fsp3) is 0.500. The number of fused-ring (bicyclic) bond motifs is 1. The van der Waals surface area contributed by atoms with Gasteiger partial charge in [-0.3, -0.25) is 9.36 Å². The van der Waals surface area contributed by atoms with Crippen LogP contribution in [0.3, 0.4) is 0 Å². The van der Waals surface area contributed by atoms with Gasteiger partial charge in [-0.1, -0.05) is 13.8 Å². The van der Waals surface area contributed by atoms with Crippen molar-refractivity contribution >= 4 is 27.0 Å². The second-order valence-corrected chi connectivity index (χ2v) is 7.83. The highest BCUT2D eigenvalue weighted by Gasteiger charge is 2.23. The summed E-state index contributed by atoms with van der Waals surface area (Å²) in [5.74, 6) is -1.02. The van der Waals surface area contributed by atoms with Crippen LogP contribution in [0.15, 0.2) is 32.3 Å². The molecule has 0 aliphatic heterocycles. The molecule has 1 heterocycles. The van der Waals surface area contributed by atoms with Crippen LogP contribution in [0.25, 0.3) is 11.1 Å². The summed E-state index contributed by atoms with van der Waals surface area (Å²) in [6.45, 7) is 7.64. The normalized spacial score (nSPS) is 12.2. The number of nitrogens with zero attached hydrogens (tertiary/aromatic N) is 2. The van der Waals surface area contributed by atoms with Crippen LogP contribution in [-0.2, 0) is 21.4 Å². The molecule has 0 saturated carbocycles. The van der Waals surface area contributed by atoms with Gasteiger partial charge in [0, 0.05) is 25.2 Å². The first kappa shape index (κ1) is 19.2. The molecule has 0 unspecified atom stereocenters. The van der Waals surface area contributed by atoms with Crippen molar-refractivity contribution in [2.45, 2.75) is 45.2 Å². The van der Waals surface area contributed by atoms with E-state index < -0.39 is 15.8 Å². The minimum Gasteiger partial charge on any atom is -0.408 e. The molecule has 1 aromatic carbocycles. The van der Waals surface area contributed by atoms with Crippen molar-refractivity contribution in [1.82, 2.24) is 14.2 Å². The summed E-state index contributed by atoms with van der Waals surface area (Å²) in [4.78, 5) is 24.0. The van der Waals surface area contributed by atoms with Crippen molar-refractivity contribution < 1.29 is 17.6 Å². The second-order valence-electron chi connectivity index (χ2n) is 5.90. The minimum atomic E-state index is -3.65. The fourth-order valence-electron chi connectivity index (χ4n) is 2.58. The third-order valence-corrected chi connectivity index (χ3v) is 5.78. The third kappa shape index (κ3) is 3.93. The van der Waals surface area contributed by atoms with Gasteiger partial charge in [0.1, 0.15) is 6.54 Å². The molecule has 1 aromatic heterocycles. The molecular formula is C16H23N3O5S. The molecule has 2 rings (SSSR count). The minimum absolute atomic E-state index is 0.0489. The summed E-state index contributed by atoms with van der Waals surface area (Å²) in [6, 6.07) is 4.18. The van der Waals surface area contributed by atoms with Crippen molar-refractivity contribution in [3.63, 3.8) is 0 Å². The van der Waals surface area contributed by atoms with Crippen LogP contribution < -0.4 is 11.1 Å². The van der Waals surface area contributed by atoms with E-state index in [0.717, 1.165) is 0 Å². The number of hydrogen-bond donors (Lipinski definition) is 1. The number of carbonyl (C=O) groups is 1. The first-order valence-corrected chi connectivity index (χ1v) is 9.57. The highest BCUT2D eigenvalue weighted by Crippen LogP contribution is 2.21. The van der Waals surface area contributed by atoms with Crippen LogP contribution in [0.5, 0.6) is 0 Å². The fourth-order valence-corrected chi connectivity index (χ4v) is 4.05. The van der Waals surface area contributed by atoms with Gasteiger partial charge in [-0.2, -0.15) is 4.31 Å². The lowest BCUT2D eigenvalue weighted by molar-refractivity contribution is -0.122. The predicted molar refractivity (Wildman–Crippen MR) is 93.9 cm³/mol. The van der Waals surface area contributed by atoms with Gasteiger partial charge in [0.15, 0.2) is 5.58 Å². The standard InChI is InChI=1S/C16H23N3O5S/c1-5-18(6-2)25(22,23)12-7-8-13-14(9-12)24-16(21)19(13)10-15(20)17-11(3)4/h7-9,11H,5-6,10H2,1-4H3,(H,17,20). The largest absolute Gasteiger partial charge is 0.420 e. The van der Waals surface area contributed by atoms with Crippen molar-refractivity contribution in [1.29, 1.82) is 0 Å². The molecule has 1 N–H and O–H groups in total. The van der Waals surface area contributed by atoms with Crippen molar-refractivity contribution in [2.24, 2.45) is 0 Å². The summed E-state index contributed by atoms with van der Waals surface area (Å²) in [5.41, 5.74) is 0.512. The van der Waals surface area contributed by atoms with Crippen molar-refractivity contribution in [2.75, 3.05) is 13.1 Å². The molecule has 0 fully saturated rings. The quantitative estimate of drug-likeness (QED) is 0.789. The Labute approximate surface area is 146 Å². The van der Waals surface area contributed by atoms with E-state index in [0.29, 0.717) is 18.6 Å². The van der Waals surface area contributed by atoms with Gasteiger partial charge in [-0.15, -0.1) is 0 Å². The molecule has 0 spiro atoms. The van der Waals surface area contributed by atoms with E-state index in [2.05, 4.69) is 5.32 Å². The maximum atomic E-state index is 12.6. The highest BCUT2D eigenvalue weighted by atomic mass is 32.2. The number of oxazole rings is 1. The molecule has 8 nitrogen and oxygen atoms in total. The van der Waals surface area contributed by atoms with E-state index in [-0.39, 0.29) is 29.0 Å². The number of rotatable bonds is 7. The highest BCUT2D eigenvalue weighted by molar-refractivity contribution is 7.89. The molecule has 0 bridgehead atoms. The van der Waals surface area contributed by atoms with Gasteiger partial charge in [-0.25, -0.2) is 13.2 Å². The van der Waals surface area contributed by atoms with E-state index in [4.69, 9.17) is 4.42 Å². The Balaban J connectivity index is 2.44. The first-order valence-electron chi connectivity index (χ1n) is 8.13. The smallest absolute Gasteiger partial charge is 0.408 e. The zero-order valence-corrected chi connectivity index (χ0v) is 15.6. The van der Waals surface area contributed by atoms with Crippen LogP contribution in [0, 0.1) is 0 Å². The Bertz CT molecular complexity index is 923. The number of hydrogen-bond acceptors (Lipinski definition) is 5. The van der Waals surface area contributed by atoms with Crippen molar-refractivity contribution in [3.05, 3.63) is 28.7 Å². The molecule has 138 valence electrons. The van der Waals surface area contributed by atoms with Gasteiger partial charge in [0.05, 0.1) is 10.4 Å². The average molecular weight is 369 g/mol. The van der Waals surface area contributed by atoms with E-state index >= 15 is 0 Å². The van der Waals surface area contributed by atoms with Crippen LogP contribution in [0.2, 0.25) is 0 Å². The molecule has 9 heteroatoms. The van der Waals surface area contributed by atoms with Crippen LogP contribution in [0.1, 0.15) is 27.7 Å². The number of amides is 1. The van der Waals surface area contributed by atoms with Crippen molar-refractivity contribution in [3.8, 4) is 0 Å². The second kappa shape index (κ2) is 7.40. The first-order chi connectivity index (χ1) is 11.7. The maximum absolute atomic E-state index is 12.6. The van der Waals surface area contributed by atoms with Crippen LogP contribution in [-0.4, -0.2) is 42.3 Å². The summed E-state index contributed by atoms with van der Waals surface area (Å²) in [7, 11) is -3.65. The lowest BCUT2D eigenvalue weighted by atomic mass is 10.3. The summed E-state index contributed by atoms with van der Waals surface area (Å²) in [6.07, 6.45) is 0. The topological polar surface area (TPSA) is 102 Å². The zero-order valence-electron chi connectivity index (χ0n) is 14.8.